The van der Waals surface area contributed by atoms with E-state index in [9.17, 15) is 9.59 Å². The molecule has 6 heteroatoms. The first kappa shape index (κ1) is 18.4. The summed E-state index contributed by atoms with van der Waals surface area (Å²) in [5.41, 5.74) is 8.91. The Labute approximate surface area is 136 Å². The molecule has 0 atom stereocenters. The summed E-state index contributed by atoms with van der Waals surface area (Å²) in [5.74, 6) is -0.537. The first-order valence-corrected chi connectivity index (χ1v) is 7.53. The van der Waals surface area contributed by atoms with Crippen LogP contribution in [0.25, 0.3) is 6.08 Å². The lowest BCUT2D eigenvalue weighted by Crippen LogP contribution is -2.22. The molecule has 1 rings (SSSR count). The van der Waals surface area contributed by atoms with Crippen molar-refractivity contribution in [3.8, 4) is 0 Å². The molecule has 0 fully saturated rings. The lowest BCUT2D eigenvalue weighted by Gasteiger charge is -2.02. The minimum absolute atomic E-state index is 0.153. The van der Waals surface area contributed by atoms with E-state index in [0.717, 1.165) is 18.4 Å². The third-order valence-electron chi connectivity index (χ3n) is 3.09. The number of hydrogen-bond acceptors (Lipinski definition) is 4. The van der Waals surface area contributed by atoms with E-state index in [1.54, 1.807) is 17.6 Å². The van der Waals surface area contributed by atoms with Crippen molar-refractivity contribution in [3.63, 3.8) is 0 Å². The molecular formula is C17H23N3O3. The number of carbonyl (C=O) groups is 2. The van der Waals surface area contributed by atoms with E-state index in [2.05, 4.69) is 5.32 Å². The van der Waals surface area contributed by atoms with E-state index in [1.165, 1.54) is 6.08 Å². The third-order valence-corrected chi connectivity index (χ3v) is 3.09. The number of anilines is 1. The highest BCUT2D eigenvalue weighted by Crippen LogP contribution is 2.06. The molecule has 0 saturated heterocycles. The van der Waals surface area contributed by atoms with Gasteiger partial charge in [0.2, 0.25) is 11.8 Å². The van der Waals surface area contributed by atoms with Crippen LogP contribution in [0.1, 0.15) is 31.2 Å². The molecule has 6 nitrogen and oxygen atoms in total. The number of rotatable bonds is 9. The molecule has 1 aromatic carbocycles. The van der Waals surface area contributed by atoms with Crippen molar-refractivity contribution in [2.24, 2.45) is 0 Å². The van der Waals surface area contributed by atoms with Gasteiger partial charge in [0.05, 0.1) is 0 Å². The summed E-state index contributed by atoms with van der Waals surface area (Å²) in [4.78, 5) is 22.3. The highest BCUT2D eigenvalue weighted by molar-refractivity contribution is 5.87. The third kappa shape index (κ3) is 9.10. The summed E-state index contributed by atoms with van der Waals surface area (Å²) in [6.07, 6.45) is 9.40. The molecule has 0 bridgehead atoms. The highest BCUT2D eigenvalue weighted by Gasteiger charge is 1.98. The second-order valence-electron chi connectivity index (χ2n) is 5.02. The van der Waals surface area contributed by atoms with Crippen molar-refractivity contribution in [2.45, 2.75) is 25.7 Å². The fraction of sp³-hybridized carbons (Fsp3) is 0.294. The molecule has 0 heterocycles. The van der Waals surface area contributed by atoms with Crippen LogP contribution in [0.3, 0.4) is 0 Å². The molecule has 0 unspecified atom stereocenters. The van der Waals surface area contributed by atoms with E-state index in [-0.39, 0.29) is 11.8 Å². The fourth-order valence-corrected chi connectivity index (χ4v) is 1.83. The number of nitrogens with one attached hydrogen (secondary N) is 2. The summed E-state index contributed by atoms with van der Waals surface area (Å²) in [5, 5.41) is 11.1. The zero-order valence-corrected chi connectivity index (χ0v) is 13.0. The maximum absolute atomic E-state index is 11.5. The number of benzene rings is 1. The molecule has 2 amide bonds. The molecule has 0 aliphatic heterocycles. The van der Waals surface area contributed by atoms with Gasteiger partial charge in [0, 0.05) is 24.7 Å². The second-order valence-corrected chi connectivity index (χ2v) is 5.02. The number of nitrogen functional groups attached to an aromatic ring is 1. The molecule has 0 spiro atoms. The van der Waals surface area contributed by atoms with Crippen LogP contribution >= 0.6 is 0 Å². The molecule has 124 valence electrons. The van der Waals surface area contributed by atoms with Crippen LogP contribution in [0.5, 0.6) is 0 Å². The van der Waals surface area contributed by atoms with Crippen LogP contribution in [-0.4, -0.2) is 23.6 Å². The maximum atomic E-state index is 11.5. The monoisotopic (exact) mass is 317 g/mol. The topological polar surface area (TPSA) is 104 Å². The Morgan fingerprint density at radius 1 is 1.09 bits per heavy atom. The molecule has 0 aromatic heterocycles. The van der Waals surface area contributed by atoms with E-state index in [4.69, 9.17) is 10.9 Å². The average Bonchev–Trinajstić information content (AvgIpc) is 2.56. The minimum atomic E-state index is -0.384. The predicted molar refractivity (Wildman–Crippen MR) is 90.4 cm³/mol. The summed E-state index contributed by atoms with van der Waals surface area (Å²) < 4.78 is 0. The van der Waals surface area contributed by atoms with Gasteiger partial charge in [-0.3, -0.25) is 14.8 Å². The molecule has 0 aliphatic rings. The standard InChI is InChI=1S/C17H23N3O3/c18-15-11-9-14(10-12-15)6-3-4-7-16(21)19-13-5-1-2-8-17(22)20-23/h3-4,6-7,9-12,23H,1-2,5,8,13,18H2,(H,19,21)(H,20,22)/b6-3+,7-4+. The Morgan fingerprint density at radius 2 is 1.83 bits per heavy atom. The van der Waals surface area contributed by atoms with Gasteiger partial charge in [-0.2, -0.15) is 0 Å². The van der Waals surface area contributed by atoms with Gasteiger partial charge in [-0.1, -0.05) is 36.8 Å². The summed E-state index contributed by atoms with van der Waals surface area (Å²) in [6, 6.07) is 7.44. The quantitative estimate of drug-likeness (QED) is 0.140. The van der Waals surface area contributed by atoms with E-state index in [1.807, 2.05) is 30.3 Å². The zero-order valence-electron chi connectivity index (χ0n) is 13.0. The molecular weight excluding hydrogens is 294 g/mol. The van der Waals surface area contributed by atoms with Crippen LogP contribution in [-0.2, 0) is 9.59 Å². The van der Waals surface area contributed by atoms with Gasteiger partial charge in [0.1, 0.15) is 0 Å². The summed E-state index contributed by atoms with van der Waals surface area (Å²) in [6.45, 7) is 0.561. The van der Waals surface area contributed by atoms with Gasteiger partial charge < -0.3 is 11.1 Å². The molecule has 1 aromatic rings. The lowest BCUT2D eigenvalue weighted by atomic mass is 10.2. The highest BCUT2D eigenvalue weighted by atomic mass is 16.5. The van der Waals surface area contributed by atoms with Gasteiger partial charge in [-0.05, 0) is 30.5 Å². The van der Waals surface area contributed by atoms with Crippen LogP contribution in [0.2, 0.25) is 0 Å². The van der Waals surface area contributed by atoms with Crippen LogP contribution in [0, 0.1) is 0 Å². The zero-order chi connectivity index (χ0) is 16.9. The Hall–Kier alpha value is -2.60. The first-order valence-electron chi connectivity index (χ1n) is 7.53. The molecule has 0 aliphatic carbocycles. The lowest BCUT2D eigenvalue weighted by molar-refractivity contribution is -0.129. The molecule has 0 saturated carbocycles. The number of nitrogens with two attached hydrogens (primary N) is 1. The van der Waals surface area contributed by atoms with Gasteiger partial charge in [0.25, 0.3) is 0 Å². The van der Waals surface area contributed by atoms with Crippen molar-refractivity contribution >= 4 is 23.6 Å². The number of hydroxylamine groups is 1. The fourth-order valence-electron chi connectivity index (χ4n) is 1.83. The summed E-state index contributed by atoms with van der Waals surface area (Å²) in [7, 11) is 0. The number of allylic oxidation sites excluding steroid dienone is 2. The number of hydrogen-bond donors (Lipinski definition) is 4. The van der Waals surface area contributed by atoms with E-state index in [0.29, 0.717) is 25.1 Å². The Morgan fingerprint density at radius 3 is 2.52 bits per heavy atom. The van der Waals surface area contributed by atoms with Crippen molar-refractivity contribution in [3.05, 3.63) is 48.1 Å². The predicted octanol–water partition coefficient (Wildman–Crippen LogP) is 2.02. The van der Waals surface area contributed by atoms with Crippen LogP contribution in [0.4, 0.5) is 5.69 Å². The average molecular weight is 317 g/mol. The molecule has 23 heavy (non-hydrogen) atoms. The van der Waals surface area contributed by atoms with Crippen LogP contribution in [0.15, 0.2) is 42.5 Å². The van der Waals surface area contributed by atoms with Crippen molar-refractivity contribution in [2.75, 3.05) is 12.3 Å². The number of unbranched alkanes of at least 4 members (excludes halogenated alkanes) is 2. The summed E-state index contributed by atoms with van der Waals surface area (Å²) >= 11 is 0. The van der Waals surface area contributed by atoms with Gasteiger partial charge in [0.15, 0.2) is 0 Å². The van der Waals surface area contributed by atoms with Crippen LogP contribution < -0.4 is 16.5 Å². The SMILES string of the molecule is Nc1ccc(/C=C/C=C/C(=O)NCCCCCC(=O)NO)cc1. The van der Waals surface area contributed by atoms with E-state index >= 15 is 0 Å². The first-order chi connectivity index (χ1) is 11.1. The van der Waals surface area contributed by atoms with Gasteiger partial charge in [-0.15, -0.1) is 0 Å². The van der Waals surface area contributed by atoms with Crippen molar-refractivity contribution in [1.82, 2.24) is 10.8 Å². The maximum Gasteiger partial charge on any atom is 0.243 e. The second kappa shape index (κ2) is 11.0. The van der Waals surface area contributed by atoms with Gasteiger partial charge >= 0.3 is 0 Å². The largest absolute Gasteiger partial charge is 0.399 e. The Balaban J connectivity index is 2.13. The minimum Gasteiger partial charge on any atom is -0.399 e. The Bertz CT molecular complexity index is 551. The molecule has 5 N–H and O–H groups in total. The molecule has 0 radical (unpaired) electrons. The van der Waals surface area contributed by atoms with Gasteiger partial charge in [-0.25, -0.2) is 5.48 Å². The smallest absolute Gasteiger partial charge is 0.243 e. The Kier molecular flexibility index (Phi) is 8.85. The van der Waals surface area contributed by atoms with Crippen molar-refractivity contribution in [1.29, 1.82) is 0 Å². The van der Waals surface area contributed by atoms with Crippen molar-refractivity contribution < 1.29 is 14.8 Å². The number of carbonyl (C=O) groups excluding carboxylic acids is 2. The number of amides is 2. The normalized spacial score (nSPS) is 11.0. The van der Waals surface area contributed by atoms with E-state index < -0.39 is 0 Å².